The van der Waals surface area contributed by atoms with Crippen molar-refractivity contribution in [2.75, 3.05) is 6.54 Å². The van der Waals surface area contributed by atoms with E-state index in [1.165, 1.54) is 17.5 Å². The van der Waals surface area contributed by atoms with Crippen molar-refractivity contribution < 1.29 is 0 Å². The summed E-state index contributed by atoms with van der Waals surface area (Å²) >= 11 is 0. The van der Waals surface area contributed by atoms with Crippen LogP contribution in [0.15, 0.2) is 24.3 Å². The van der Waals surface area contributed by atoms with Crippen LogP contribution in [0.3, 0.4) is 0 Å². The number of hydrogen-bond donors (Lipinski definition) is 1. The Morgan fingerprint density at radius 2 is 2.14 bits per heavy atom. The van der Waals surface area contributed by atoms with Crippen LogP contribution in [0.25, 0.3) is 0 Å². The zero-order valence-electron chi connectivity index (χ0n) is 9.51. The molecule has 1 rings (SSSR count). The van der Waals surface area contributed by atoms with Gasteiger partial charge in [-0.15, -0.1) is 0 Å². The van der Waals surface area contributed by atoms with Crippen LogP contribution in [-0.4, -0.2) is 6.54 Å². The average Bonchev–Trinajstić information content (AvgIpc) is 2.17. The predicted molar refractivity (Wildman–Crippen MR) is 62.3 cm³/mol. The Bertz CT molecular complexity index is 268. The molecule has 0 saturated heterocycles. The highest BCUT2D eigenvalue weighted by atomic mass is 14.8. The Labute approximate surface area is 87.5 Å². The van der Waals surface area contributed by atoms with Gasteiger partial charge in [0.1, 0.15) is 0 Å². The van der Waals surface area contributed by atoms with Gasteiger partial charge in [-0.05, 0) is 24.9 Å². The zero-order chi connectivity index (χ0) is 10.4. The summed E-state index contributed by atoms with van der Waals surface area (Å²) in [6, 6.07) is 8.67. The van der Waals surface area contributed by atoms with E-state index in [-0.39, 0.29) is 0 Å². The van der Waals surface area contributed by atoms with Gasteiger partial charge in [0, 0.05) is 6.54 Å². The minimum atomic E-state index is 0.778. The topological polar surface area (TPSA) is 12.0 Å². The summed E-state index contributed by atoms with van der Waals surface area (Å²) in [4.78, 5) is 0. The second kappa shape index (κ2) is 5.82. The maximum absolute atomic E-state index is 3.48. The monoisotopic (exact) mass is 191 g/mol. The molecule has 0 amide bonds. The van der Waals surface area contributed by atoms with Gasteiger partial charge in [-0.2, -0.15) is 0 Å². The molecule has 1 heteroatoms. The van der Waals surface area contributed by atoms with E-state index < -0.39 is 0 Å². The first kappa shape index (κ1) is 11.3. The minimum Gasteiger partial charge on any atom is -0.312 e. The molecule has 1 aromatic rings. The number of rotatable bonds is 5. The second-order valence-electron chi connectivity index (χ2n) is 4.13. The molecule has 0 radical (unpaired) electrons. The van der Waals surface area contributed by atoms with Crippen LogP contribution in [0.1, 0.15) is 31.4 Å². The first-order valence-electron chi connectivity index (χ1n) is 5.48. The van der Waals surface area contributed by atoms with E-state index in [0.717, 1.165) is 19.0 Å². The molecule has 0 aliphatic heterocycles. The Morgan fingerprint density at radius 3 is 2.79 bits per heavy atom. The van der Waals surface area contributed by atoms with Crippen molar-refractivity contribution in [3.8, 4) is 0 Å². The van der Waals surface area contributed by atoms with Gasteiger partial charge in [-0.3, -0.25) is 0 Å². The van der Waals surface area contributed by atoms with E-state index in [0.29, 0.717) is 0 Å². The summed E-state index contributed by atoms with van der Waals surface area (Å²) < 4.78 is 0. The molecule has 0 aliphatic rings. The molecule has 14 heavy (non-hydrogen) atoms. The third kappa shape index (κ3) is 3.93. The number of nitrogens with one attached hydrogen (secondary N) is 1. The highest BCUT2D eigenvalue weighted by Gasteiger charge is 1.97. The third-order valence-electron chi connectivity index (χ3n) is 2.60. The fraction of sp³-hybridized carbons (Fsp3) is 0.538. The lowest BCUT2D eigenvalue weighted by Crippen LogP contribution is -2.20. The fourth-order valence-corrected chi connectivity index (χ4v) is 1.43. The molecule has 0 aliphatic carbocycles. The molecule has 0 heterocycles. The minimum absolute atomic E-state index is 0.778. The third-order valence-corrected chi connectivity index (χ3v) is 2.60. The first-order valence-corrected chi connectivity index (χ1v) is 5.48. The highest BCUT2D eigenvalue weighted by Crippen LogP contribution is 2.04. The van der Waals surface area contributed by atoms with E-state index >= 15 is 0 Å². The highest BCUT2D eigenvalue weighted by molar-refractivity contribution is 5.21. The predicted octanol–water partition coefficient (Wildman–Crippen LogP) is 3.13. The van der Waals surface area contributed by atoms with Crippen molar-refractivity contribution >= 4 is 0 Å². The van der Waals surface area contributed by atoms with Crippen LogP contribution < -0.4 is 5.32 Å². The van der Waals surface area contributed by atoms with E-state index in [1.807, 2.05) is 0 Å². The molecule has 0 spiro atoms. The van der Waals surface area contributed by atoms with Crippen LogP contribution >= 0.6 is 0 Å². The molecule has 0 unspecified atom stereocenters. The normalized spacial score (nSPS) is 12.8. The largest absolute Gasteiger partial charge is 0.312 e. The van der Waals surface area contributed by atoms with Gasteiger partial charge in [-0.1, -0.05) is 50.1 Å². The molecule has 0 bridgehead atoms. The lowest BCUT2D eigenvalue weighted by atomic mass is 10.1. The van der Waals surface area contributed by atoms with E-state index in [9.17, 15) is 0 Å². The zero-order valence-corrected chi connectivity index (χ0v) is 9.51. The van der Waals surface area contributed by atoms with Crippen LogP contribution in [0.2, 0.25) is 0 Å². The summed E-state index contributed by atoms with van der Waals surface area (Å²) in [6.45, 7) is 8.76. The van der Waals surface area contributed by atoms with E-state index in [1.54, 1.807) is 0 Å². The number of hydrogen-bond acceptors (Lipinski definition) is 1. The standard InChI is InChI=1S/C13H21N/c1-4-11(2)9-14-10-13-7-5-6-12(3)8-13/h5-8,11,14H,4,9-10H2,1-3H3/t11-/m1/s1. The number of aryl methyl sites for hydroxylation is 1. The van der Waals surface area contributed by atoms with Gasteiger partial charge in [0.25, 0.3) is 0 Å². The van der Waals surface area contributed by atoms with Crippen molar-refractivity contribution in [3.63, 3.8) is 0 Å². The summed E-state index contributed by atoms with van der Waals surface area (Å²) in [7, 11) is 0. The molecule has 1 nitrogen and oxygen atoms in total. The van der Waals surface area contributed by atoms with Crippen molar-refractivity contribution in [2.24, 2.45) is 5.92 Å². The van der Waals surface area contributed by atoms with Crippen molar-refractivity contribution in [3.05, 3.63) is 35.4 Å². The van der Waals surface area contributed by atoms with Gasteiger partial charge < -0.3 is 5.32 Å². The Morgan fingerprint density at radius 1 is 1.36 bits per heavy atom. The maximum Gasteiger partial charge on any atom is 0.0205 e. The number of benzene rings is 1. The summed E-state index contributed by atoms with van der Waals surface area (Å²) in [5.74, 6) is 0.778. The fourth-order valence-electron chi connectivity index (χ4n) is 1.43. The molecule has 78 valence electrons. The Hall–Kier alpha value is -0.820. The molecule has 0 fully saturated rings. The molecule has 1 aromatic carbocycles. The summed E-state index contributed by atoms with van der Waals surface area (Å²) in [5, 5.41) is 3.48. The van der Waals surface area contributed by atoms with Crippen molar-refractivity contribution in [1.29, 1.82) is 0 Å². The Kier molecular flexibility index (Phi) is 4.68. The van der Waals surface area contributed by atoms with Crippen LogP contribution in [0.4, 0.5) is 0 Å². The van der Waals surface area contributed by atoms with Crippen LogP contribution in [0, 0.1) is 12.8 Å². The van der Waals surface area contributed by atoms with Gasteiger partial charge in [0.15, 0.2) is 0 Å². The maximum atomic E-state index is 3.48. The van der Waals surface area contributed by atoms with Gasteiger partial charge in [0.2, 0.25) is 0 Å². The first-order chi connectivity index (χ1) is 6.72. The SMILES string of the molecule is CC[C@@H](C)CNCc1cccc(C)c1. The molecular weight excluding hydrogens is 170 g/mol. The quantitative estimate of drug-likeness (QED) is 0.754. The average molecular weight is 191 g/mol. The second-order valence-corrected chi connectivity index (χ2v) is 4.13. The van der Waals surface area contributed by atoms with Gasteiger partial charge in [0.05, 0.1) is 0 Å². The smallest absolute Gasteiger partial charge is 0.0205 e. The van der Waals surface area contributed by atoms with E-state index in [4.69, 9.17) is 0 Å². The van der Waals surface area contributed by atoms with Crippen molar-refractivity contribution in [1.82, 2.24) is 5.32 Å². The summed E-state index contributed by atoms with van der Waals surface area (Å²) in [6.07, 6.45) is 1.25. The molecule has 0 aromatic heterocycles. The Balaban J connectivity index is 2.31. The molecule has 1 N–H and O–H groups in total. The lowest BCUT2D eigenvalue weighted by Gasteiger charge is -2.10. The van der Waals surface area contributed by atoms with Crippen LogP contribution in [0.5, 0.6) is 0 Å². The van der Waals surface area contributed by atoms with Crippen LogP contribution in [-0.2, 0) is 6.54 Å². The molecule has 1 atom stereocenters. The van der Waals surface area contributed by atoms with Gasteiger partial charge >= 0.3 is 0 Å². The van der Waals surface area contributed by atoms with E-state index in [2.05, 4.69) is 50.4 Å². The summed E-state index contributed by atoms with van der Waals surface area (Å²) in [5.41, 5.74) is 2.72. The lowest BCUT2D eigenvalue weighted by molar-refractivity contribution is 0.500. The van der Waals surface area contributed by atoms with Crippen molar-refractivity contribution in [2.45, 2.75) is 33.7 Å². The molecule has 0 saturated carbocycles. The van der Waals surface area contributed by atoms with Gasteiger partial charge in [-0.25, -0.2) is 0 Å². The molecular formula is C13H21N.